The molecule has 1 unspecified atom stereocenters. The number of hydrazine groups is 1. The van der Waals surface area contributed by atoms with Crippen LogP contribution >= 0.6 is 0 Å². The van der Waals surface area contributed by atoms with E-state index in [1.165, 1.54) is 12.3 Å². The van der Waals surface area contributed by atoms with Crippen molar-refractivity contribution in [3.8, 4) is 0 Å². The Bertz CT molecular complexity index is 1350. The number of halogens is 2. The number of aliphatic imine (C=N–C) groups is 1. The lowest BCUT2D eigenvalue weighted by atomic mass is 10.2. The quantitative estimate of drug-likeness (QED) is 0.558. The summed E-state index contributed by atoms with van der Waals surface area (Å²) in [6.07, 6.45) is 6.45. The number of amides is 1. The van der Waals surface area contributed by atoms with Crippen LogP contribution in [0.15, 0.2) is 29.6 Å². The van der Waals surface area contributed by atoms with Gasteiger partial charge in [-0.2, -0.15) is 5.01 Å². The Balaban J connectivity index is 1.20. The second kappa shape index (κ2) is 8.31. The predicted molar refractivity (Wildman–Crippen MR) is 122 cm³/mol. The highest BCUT2D eigenvalue weighted by Crippen LogP contribution is 2.41. The molecule has 1 aliphatic carbocycles. The zero-order valence-electron chi connectivity index (χ0n) is 19.4. The van der Waals surface area contributed by atoms with Gasteiger partial charge in [0.2, 0.25) is 5.78 Å². The molecule has 12 heteroatoms. The van der Waals surface area contributed by atoms with Crippen molar-refractivity contribution in [2.45, 2.75) is 38.4 Å². The fraction of sp³-hybridized carbons (Fsp3) is 0.435. The smallest absolute Gasteiger partial charge is 0.270 e. The van der Waals surface area contributed by atoms with Gasteiger partial charge in [0.1, 0.15) is 23.0 Å². The van der Waals surface area contributed by atoms with Crippen LogP contribution in [-0.2, 0) is 6.54 Å². The molecule has 1 amide bonds. The lowest BCUT2D eigenvalue weighted by Gasteiger charge is -2.34. The van der Waals surface area contributed by atoms with Gasteiger partial charge in [-0.1, -0.05) is 0 Å². The first-order valence-electron chi connectivity index (χ1n) is 11.6. The third-order valence-electron chi connectivity index (χ3n) is 6.61. The third-order valence-corrected chi connectivity index (χ3v) is 6.61. The van der Waals surface area contributed by atoms with Crippen LogP contribution in [0.5, 0.6) is 0 Å². The number of rotatable bonds is 5. The van der Waals surface area contributed by atoms with E-state index in [-0.39, 0.29) is 37.2 Å². The molecular weight excluding hydrogens is 456 g/mol. The van der Waals surface area contributed by atoms with Gasteiger partial charge in [-0.3, -0.25) is 19.2 Å². The summed E-state index contributed by atoms with van der Waals surface area (Å²) in [7, 11) is 1.79. The maximum Gasteiger partial charge on any atom is 0.270 e. The van der Waals surface area contributed by atoms with Crippen molar-refractivity contribution in [2.24, 2.45) is 4.99 Å². The van der Waals surface area contributed by atoms with Gasteiger partial charge in [0.05, 0.1) is 18.8 Å². The number of fused-ring (bicyclic) bond motifs is 2. The monoisotopic (exact) mass is 481 g/mol. The second-order valence-electron chi connectivity index (χ2n) is 9.27. The zero-order valence-corrected chi connectivity index (χ0v) is 19.4. The number of carbonyl (C=O) groups excluding carboxylic acids is 1. The van der Waals surface area contributed by atoms with Gasteiger partial charge in [-0.25, -0.2) is 19.4 Å². The molecular formula is C23H25F2N9O. The van der Waals surface area contributed by atoms with E-state index in [1.54, 1.807) is 22.7 Å². The van der Waals surface area contributed by atoms with E-state index in [4.69, 9.17) is 0 Å². The minimum Gasteiger partial charge on any atom is -0.347 e. The van der Waals surface area contributed by atoms with E-state index in [1.807, 2.05) is 18.1 Å². The summed E-state index contributed by atoms with van der Waals surface area (Å²) in [5.41, 5.74) is 2.84. The van der Waals surface area contributed by atoms with Crippen molar-refractivity contribution >= 4 is 17.5 Å². The van der Waals surface area contributed by atoms with Crippen LogP contribution in [0, 0.1) is 12.7 Å². The molecule has 0 bridgehead atoms. The Morgan fingerprint density at radius 1 is 1.20 bits per heavy atom. The number of aryl methyl sites for hydroxylation is 1. The molecule has 0 spiro atoms. The van der Waals surface area contributed by atoms with Crippen LogP contribution in [0.4, 0.5) is 8.87 Å². The first-order valence-corrected chi connectivity index (χ1v) is 11.6. The molecule has 6 rings (SSSR count). The molecule has 1 N–H and O–H groups in total. The molecule has 3 aromatic heterocycles. The van der Waals surface area contributed by atoms with Crippen LogP contribution in [0.1, 0.15) is 57.9 Å². The van der Waals surface area contributed by atoms with Gasteiger partial charge in [0.15, 0.2) is 6.17 Å². The maximum absolute atomic E-state index is 15.1. The second-order valence-corrected chi connectivity index (χ2v) is 9.27. The third kappa shape index (κ3) is 3.92. The van der Waals surface area contributed by atoms with Gasteiger partial charge >= 0.3 is 0 Å². The number of hydrogen-bond acceptors (Lipinski definition) is 8. The lowest BCUT2D eigenvalue weighted by Crippen LogP contribution is -2.50. The molecule has 1 saturated heterocycles. The highest BCUT2D eigenvalue weighted by molar-refractivity contribution is 5.95. The van der Waals surface area contributed by atoms with Crippen LogP contribution in [0.3, 0.4) is 0 Å². The molecule has 0 radical (unpaired) electrons. The van der Waals surface area contributed by atoms with E-state index < -0.39 is 12.0 Å². The van der Waals surface area contributed by atoms with Gasteiger partial charge in [0, 0.05) is 44.6 Å². The number of amidine groups is 1. The Hall–Kier alpha value is -3.51. The molecule has 3 aromatic rings. The highest BCUT2D eigenvalue weighted by atomic mass is 19.2. The van der Waals surface area contributed by atoms with Gasteiger partial charge in [0.25, 0.3) is 5.91 Å². The Labute approximate surface area is 200 Å². The molecule has 35 heavy (non-hydrogen) atoms. The van der Waals surface area contributed by atoms with Crippen molar-refractivity contribution in [1.29, 1.82) is 0 Å². The molecule has 182 valence electrons. The number of pyridine rings is 1. The van der Waals surface area contributed by atoms with E-state index in [0.717, 1.165) is 24.1 Å². The first-order chi connectivity index (χ1) is 16.9. The Kier molecular flexibility index (Phi) is 5.22. The van der Waals surface area contributed by atoms with Crippen molar-refractivity contribution in [3.05, 3.63) is 58.7 Å². The van der Waals surface area contributed by atoms with Gasteiger partial charge in [-0.05, 0) is 37.0 Å². The number of aromatic nitrogens is 4. The van der Waals surface area contributed by atoms with E-state index >= 15 is 4.39 Å². The summed E-state index contributed by atoms with van der Waals surface area (Å²) >= 11 is 0. The Morgan fingerprint density at radius 3 is 2.80 bits per heavy atom. The summed E-state index contributed by atoms with van der Waals surface area (Å²) < 4.78 is 30.4. The molecule has 2 aliphatic heterocycles. The van der Waals surface area contributed by atoms with Crippen molar-refractivity contribution in [1.82, 2.24) is 39.8 Å². The molecule has 0 aromatic carbocycles. The van der Waals surface area contributed by atoms with Crippen LogP contribution in [-0.4, -0.2) is 72.9 Å². The Morgan fingerprint density at radius 2 is 2.03 bits per heavy atom. The first kappa shape index (κ1) is 22.0. The highest BCUT2D eigenvalue weighted by Gasteiger charge is 2.37. The summed E-state index contributed by atoms with van der Waals surface area (Å²) in [5, 5.41) is 7.19. The summed E-state index contributed by atoms with van der Waals surface area (Å²) in [5.74, 6) is 0.501. The van der Waals surface area contributed by atoms with Crippen molar-refractivity contribution in [2.75, 3.05) is 26.7 Å². The molecule has 5 heterocycles. The minimum atomic E-state index is -0.657. The molecule has 1 atom stereocenters. The average molecular weight is 482 g/mol. The topological polar surface area (TPSA) is 94.3 Å². The molecule has 2 fully saturated rings. The number of piperazine rings is 1. The number of carbonyl (C=O) groups is 1. The molecule has 1 saturated carbocycles. The largest absolute Gasteiger partial charge is 0.347 e. The van der Waals surface area contributed by atoms with Crippen molar-refractivity contribution < 1.29 is 13.7 Å². The van der Waals surface area contributed by atoms with E-state index in [9.17, 15) is 9.28 Å². The molecule has 3 aliphatic rings. The number of nitrogens with zero attached hydrogens (tertiary/aromatic N) is 8. The van der Waals surface area contributed by atoms with Crippen LogP contribution in [0.2, 0.25) is 0 Å². The summed E-state index contributed by atoms with van der Waals surface area (Å²) in [6, 6.07) is 1.36. The van der Waals surface area contributed by atoms with Crippen LogP contribution < -0.4 is 5.32 Å². The van der Waals surface area contributed by atoms with Gasteiger partial charge < -0.3 is 5.32 Å². The minimum absolute atomic E-state index is 0.0632. The SMILES string of the molecule is Cc1cnc2nc(C3CC3)c(C(=O)NCc3cnc(C4N=C5CN(F)CCN5N4C)c(F)c3)n2c1. The van der Waals surface area contributed by atoms with E-state index in [2.05, 4.69) is 25.3 Å². The number of hydrogen-bond donors (Lipinski definition) is 1. The van der Waals surface area contributed by atoms with Crippen LogP contribution in [0.25, 0.3) is 5.78 Å². The number of imidazole rings is 1. The summed E-state index contributed by atoms with van der Waals surface area (Å²) in [6.45, 7) is 2.78. The normalized spacial score (nSPS) is 20.9. The fourth-order valence-corrected chi connectivity index (χ4v) is 4.64. The molecule has 10 nitrogen and oxygen atoms in total. The predicted octanol–water partition coefficient (Wildman–Crippen LogP) is 2.14. The van der Waals surface area contributed by atoms with Gasteiger partial charge in [-0.15, -0.1) is 9.60 Å². The number of nitrogens with one attached hydrogen (secondary N) is 1. The lowest BCUT2D eigenvalue weighted by molar-refractivity contribution is -0.0258. The zero-order chi connectivity index (χ0) is 24.3. The maximum atomic E-state index is 15.1. The standard InChI is InChI=1S/C23H25F2N9O/c1-13-8-28-23-30-18(15-3-4-15)20(33(23)11-13)22(35)27-10-14-7-16(24)19(26-9-14)21-29-17-12-32(25)5-6-34(17)31(21)2/h7-9,11,15,21H,3-6,10,12H2,1-2H3,(H,27,35). The van der Waals surface area contributed by atoms with Crippen molar-refractivity contribution in [3.63, 3.8) is 0 Å². The summed E-state index contributed by atoms with van der Waals surface area (Å²) in [4.78, 5) is 30.9. The fourth-order valence-electron chi connectivity index (χ4n) is 4.64. The van der Waals surface area contributed by atoms with E-state index in [0.29, 0.717) is 34.5 Å². The average Bonchev–Trinajstić information content (AvgIpc) is 3.54.